The predicted octanol–water partition coefficient (Wildman–Crippen LogP) is 6.64. The molecule has 0 amide bonds. The molecule has 2 heteroatoms. The standard InChI is InChI=1S/C22H12O2/c1-2-6-14-13(5-1)9-10-17-20(14)22-19(24-17)12-11-18-21(22)15-7-3-4-8-16(15)23-18/h1-12H. The molecule has 0 fully saturated rings. The van der Waals surface area contributed by atoms with Crippen molar-refractivity contribution in [3.05, 3.63) is 72.8 Å². The second-order valence-electron chi connectivity index (χ2n) is 6.17. The minimum Gasteiger partial charge on any atom is -0.456 e. The number of rotatable bonds is 0. The monoisotopic (exact) mass is 308 g/mol. The molecule has 2 nitrogen and oxygen atoms in total. The fraction of sp³-hybridized carbons (Fsp3) is 0. The van der Waals surface area contributed by atoms with Crippen molar-refractivity contribution in [1.82, 2.24) is 0 Å². The van der Waals surface area contributed by atoms with Gasteiger partial charge in [-0.3, -0.25) is 0 Å². The van der Waals surface area contributed by atoms with Gasteiger partial charge in [0.15, 0.2) is 0 Å². The summed E-state index contributed by atoms with van der Waals surface area (Å²) >= 11 is 0. The lowest BCUT2D eigenvalue weighted by atomic mass is 10.0. The molecular weight excluding hydrogens is 296 g/mol. The van der Waals surface area contributed by atoms with Crippen LogP contribution in [0, 0.1) is 0 Å². The lowest BCUT2D eigenvalue weighted by Gasteiger charge is -1.99. The lowest BCUT2D eigenvalue weighted by Crippen LogP contribution is -1.75. The van der Waals surface area contributed by atoms with E-state index < -0.39 is 0 Å². The van der Waals surface area contributed by atoms with E-state index in [1.54, 1.807) is 0 Å². The first-order valence-electron chi connectivity index (χ1n) is 8.04. The van der Waals surface area contributed by atoms with Gasteiger partial charge in [0.05, 0.1) is 0 Å². The first kappa shape index (κ1) is 12.2. The number of benzene rings is 4. The summed E-state index contributed by atoms with van der Waals surface area (Å²) in [5.74, 6) is 0. The van der Waals surface area contributed by atoms with Gasteiger partial charge in [0.2, 0.25) is 0 Å². The van der Waals surface area contributed by atoms with Gasteiger partial charge in [-0.05, 0) is 35.0 Å². The Kier molecular flexibility index (Phi) is 2.12. The van der Waals surface area contributed by atoms with Crippen molar-refractivity contribution in [2.75, 3.05) is 0 Å². The molecule has 0 aliphatic rings. The van der Waals surface area contributed by atoms with Crippen LogP contribution in [-0.2, 0) is 0 Å². The van der Waals surface area contributed by atoms with E-state index in [1.165, 1.54) is 16.2 Å². The molecule has 112 valence electrons. The topological polar surface area (TPSA) is 26.3 Å². The second-order valence-corrected chi connectivity index (χ2v) is 6.17. The van der Waals surface area contributed by atoms with E-state index in [2.05, 4.69) is 48.5 Å². The van der Waals surface area contributed by atoms with Crippen LogP contribution in [0.1, 0.15) is 0 Å². The van der Waals surface area contributed by atoms with E-state index in [0.717, 1.165) is 38.5 Å². The fourth-order valence-electron chi connectivity index (χ4n) is 3.84. The summed E-state index contributed by atoms with van der Waals surface area (Å²) in [4.78, 5) is 0. The third-order valence-corrected chi connectivity index (χ3v) is 4.87. The van der Waals surface area contributed by atoms with Crippen LogP contribution in [0.3, 0.4) is 0 Å². The minimum absolute atomic E-state index is 0.902. The predicted molar refractivity (Wildman–Crippen MR) is 98.5 cm³/mol. The molecule has 6 rings (SSSR count). The molecule has 0 saturated carbocycles. The SMILES string of the molecule is c1ccc2c(c1)ccc1oc3ccc4oc5ccccc5c4c3c12. The highest BCUT2D eigenvalue weighted by Gasteiger charge is 2.17. The van der Waals surface area contributed by atoms with Gasteiger partial charge in [-0.25, -0.2) is 0 Å². The summed E-state index contributed by atoms with van der Waals surface area (Å²) in [7, 11) is 0. The number of hydrogen-bond donors (Lipinski definition) is 0. The average molecular weight is 308 g/mol. The van der Waals surface area contributed by atoms with E-state index in [9.17, 15) is 0 Å². The van der Waals surface area contributed by atoms with E-state index in [1.807, 2.05) is 24.3 Å². The number of para-hydroxylation sites is 1. The number of hydrogen-bond acceptors (Lipinski definition) is 2. The molecule has 0 atom stereocenters. The van der Waals surface area contributed by atoms with E-state index >= 15 is 0 Å². The van der Waals surface area contributed by atoms with Crippen LogP contribution in [0.15, 0.2) is 81.6 Å². The third-order valence-electron chi connectivity index (χ3n) is 4.87. The first-order chi connectivity index (χ1) is 11.9. The summed E-state index contributed by atoms with van der Waals surface area (Å²) in [5, 5.41) is 7.01. The Labute approximate surface area is 136 Å². The fourth-order valence-corrected chi connectivity index (χ4v) is 3.84. The lowest BCUT2D eigenvalue weighted by molar-refractivity contribution is 0.663. The maximum Gasteiger partial charge on any atom is 0.136 e. The van der Waals surface area contributed by atoms with Gasteiger partial charge in [0, 0.05) is 21.5 Å². The summed E-state index contributed by atoms with van der Waals surface area (Å²) in [5.41, 5.74) is 3.64. The van der Waals surface area contributed by atoms with E-state index in [-0.39, 0.29) is 0 Å². The molecule has 2 aromatic heterocycles. The Morgan fingerprint density at radius 2 is 1.00 bits per heavy atom. The quantitative estimate of drug-likeness (QED) is 0.314. The van der Waals surface area contributed by atoms with Crippen molar-refractivity contribution in [3.63, 3.8) is 0 Å². The van der Waals surface area contributed by atoms with Gasteiger partial charge in [0.25, 0.3) is 0 Å². The largest absolute Gasteiger partial charge is 0.456 e. The molecule has 6 aromatic rings. The van der Waals surface area contributed by atoms with Gasteiger partial charge in [-0.2, -0.15) is 0 Å². The van der Waals surface area contributed by atoms with Crippen molar-refractivity contribution in [2.45, 2.75) is 0 Å². The molecule has 2 heterocycles. The maximum atomic E-state index is 6.15. The van der Waals surface area contributed by atoms with Crippen LogP contribution in [0.2, 0.25) is 0 Å². The molecule has 24 heavy (non-hydrogen) atoms. The Morgan fingerprint density at radius 3 is 1.88 bits per heavy atom. The zero-order valence-electron chi connectivity index (χ0n) is 12.7. The van der Waals surface area contributed by atoms with Crippen LogP contribution < -0.4 is 0 Å². The first-order valence-corrected chi connectivity index (χ1v) is 8.04. The second kappa shape index (κ2) is 4.18. The van der Waals surface area contributed by atoms with Crippen molar-refractivity contribution >= 4 is 54.6 Å². The number of fused-ring (bicyclic) bond motifs is 9. The van der Waals surface area contributed by atoms with Gasteiger partial charge < -0.3 is 8.83 Å². The maximum absolute atomic E-state index is 6.15. The van der Waals surface area contributed by atoms with Crippen molar-refractivity contribution in [2.24, 2.45) is 0 Å². The van der Waals surface area contributed by atoms with Crippen LogP contribution in [0.4, 0.5) is 0 Å². The Bertz CT molecular complexity index is 1400. The third kappa shape index (κ3) is 1.41. The van der Waals surface area contributed by atoms with Crippen LogP contribution >= 0.6 is 0 Å². The van der Waals surface area contributed by atoms with Gasteiger partial charge in [-0.1, -0.05) is 48.5 Å². The summed E-state index contributed by atoms with van der Waals surface area (Å²) in [6, 6.07) is 24.8. The van der Waals surface area contributed by atoms with Crippen LogP contribution in [-0.4, -0.2) is 0 Å². The molecule has 0 radical (unpaired) electrons. The van der Waals surface area contributed by atoms with Crippen molar-refractivity contribution in [1.29, 1.82) is 0 Å². The van der Waals surface area contributed by atoms with Crippen molar-refractivity contribution in [3.8, 4) is 0 Å². The molecule has 0 saturated heterocycles. The molecule has 0 N–H and O–H groups in total. The minimum atomic E-state index is 0.902. The van der Waals surface area contributed by atoms with Crippen molar-refractivity contribution < 1.29 is 8.83 Å². The highest BCUT2D eigenvalue weighted by Crippen LogP contribution is 2.42. The Morgan fingerprint density at radius 1 is 0.417 bits per heavy atom. The van der Waals surface area contributed by atoms with Crippen LogP contribution in [0.25, 0.3) is 54.6 Å². The Hall–Kier alpha value is -3.26. The zero-order chi connectivity index (χ0) is 15.7. The molecule has 0 aliphatic heterocycles. The molecule has 0 aliphatic carbocycles. The summed E-state index contributed by atoms with van der Waals surface area (Å²) in [6.45, 7) is 0. The number of furan rings is 2. The highest BCUT2D eigenvalue weighted by molar-refractivity contribution is 6.30. The molecule has 0 bridgehead atoms. The molecular formula is C22H12O2. The van der Waals surface area contributed by atoms with Gasteiger partial charge >= 0.3 is 0 Å². The summed E-state index contributed by atoms with van der Waals surface area (Å²) < 4.78 is 12.2. The smallest absolute Gasteiger partial charge is 0.136 e. The molecule has 0 unspecified atom stereocenters. The molecule has 0 spiro atoms. The normalized spacial score (nSPS) is 12.2. The van der Waals surface area contributed by atoms with Crippen LogP contribution in [0.5, 0.6) is 0 Å². The molecule has 4 aromatic carbocycles. The zero-order valence-corrected chi connectivity index (χ0v) is 12.7. The van der Waals surface area contributed by atoms with Gasteiger partial charge in [-0.15, -0.1) is 0 Å². The average Bonchev–Trinajstić information content (AvgIpc) is 3.19. The Balaban J connectivity index is 2.01. The van der Waals surface area contributed by atoms with E-state index in [4.69, 9.17) is 8.83 Å². The highest BCUT2D eigenvalue weighted by atomic mass is 16.3. The van der Waals surface area contributed by atoms with Gasteiger partial charge in [0.1, 0.15) is 22.3 Å². The summed E-state index contributed by atoms with van der Waals surface area (Å²) in [6.07, 6.45) is 0. The van der Waals surface area contributed by atoms with E-state index in [0.29, 0.717) is 0 Å².